The Balaban J connectivity index is 2.66. The van der Waals surface area contributed by atoms with Crippen molar-refractivity contribution in [1.82, 2.24) is 9.97 Å². The second kappa shape index (κ2) is 6.02. The first-order valence-corrected chi connectivity index (χ1v) is 4.87. The van der Waals surface area contributed by atoms with E-state index in [0.29, 0.717) is 37.0 Å². The summed E-state index contributed by atoms with van der Waals surface area (Å²) in [5.74, 6) is 0.931. The number of ether oxygens (including phenoxy) is 1. The smallest absolute Gasteiger partial charge is 0.242 e. The maximum Gasteiger partial charge on any atom is 0.242 e. The molecule has 0 aromatic carbocycles. The van der Waals surface area contributed by atoms with Crippen LogP contribution in [0.5, 0.6) is 5.88 Å². The van der Waals surface area contributed by atoms with Gasteiger partial charge in [0.15, 0.2) is 5.82 Å². The van der Waals surface area contributed by atoms with Gasteiger partial charge in [0, 0.05) is 13.2 Å². The molecule has 15 heavy (non-hydrogen) atoms. The minimum absolute atomic E-state index is 0.135. The number of nitrogens with one attached hydrogen (secondary N) is 1. The van der Waals surface area contributed by atoms with Gasteiger partial charge in [0.05, 0.1) is 6.61 Å². The summed E-state index contributed by atoms with van der Waals surface area (Å²) in [7, 11) is 0. The lowest BCUT2D eigenvalue weighted by Gasteiger charge is -2.10. The van der Waals surface area contributed by atoms with E-state index in [1.165, 1.54) is 6.33 Å². The molecule has 0 aliphatic heterocycles. The third-order valence-corrected chi connectivity index (χ3v) is 1.76. The van der Waals surface area contributed by atoms with Crippen molar-refractivity contribution in [1.29, 1.82) is 0 Å². The Labute approximate surface area is 88.5 Å². The second-order valence-corrected chi connectivity index (χ2v) is 2.88. The number of anilines is 2. The Bertz CT molecular complexity index is 306. The normalized spacial score (nSPS) is 10.0. The molecule has 0 atom stereocenters. The Morgan fingerprint density at radius 1 is 1.53 bits per heavy atom. The molecule has 0 saturated carbocycles. The fourth-order valence-corrected chi connectivity index (χ4v) is 1.06. The predicted molar refractivity (Wildman–Crippen MR) is 57.8 cm³/mol. The van der Waals surface area contributed by atoms with Gasteiger partial charge in [-0.1, -0.05) is 0 Å². The molecule has 0 fully saturated rings. The number of aromatic nitrogens is 2. The molecule has 6 nitrogen and oxygen atoms in total. The first-order valence-electron chi connectivity index (χ1n) is 4.87. The average Bonchev–Trinajstić information content (AvgIpc) is 2.24. The summed E-state index contributed by atoms with van der Waals surface area (Å²) >= 11 is 0. The molecule has 0 spiro atoms. The molecule has 0 unspecified atom stereocenters. The molecule has 0 amide bonds. The molecule has 1 heterocycles. The average molecular weight is 212 g/mol. The van der Waals surface area contributed by atoms with E-state index in [-0.39, 0.29) is 6.61 Å². The molecule has 1 aromatic heterocycles. The van der Waals surface area contributed by atoms with Crippen LogP contribution in [0.15, 0.2) is 6.33 Å². The van der Waals surface area contributed by atoms with Crippen LogP contribution in [0.1, 0.15) is 13.3 Å². The van der Waals surface area contributed by atoms with Gasteiger partial charge < -0.3 is 20.9 Å². The van der Waals surface area contributed by atoms with E-state index in [2.05, 4.69) is 15.3 Å². The fourth-order valence-electron chi connectivity index (χ4n) is 1.06. The number of hydrogen-bond donors (Lipinski definition) is 3. The summed E-state index contributed by atoms with van der Waals surface area (Å²) < 4.78 is 5.22. The number of aliphatic hydroxyl groups is 1. The highest BCUT2D eigenvalue weighted by molar-refractivity contribution is 5.66. The fraction of sp³-hybridized carbons (Fsp3) is 0.556. The molecule has 0 aliphatic carbocycles. The van der Waals surface area contributed by atoms with Crippen LogP contribution < -0.4 is 15.8 Å². The van der Waals surface area contributed by atoms with Crippen molar-refractivity contribution in [3.8, 4) is 5.88 Å². The maximum absolute atomic E-state index is 8.62. The van der Waals surface area contributed by atoms with Crippen molar-refractivity contribution in [3.05, 3.63) is 6.33 Å². The zero-order chi connectivity index (χ0) is 11.1. The van der Waals surface area contributed by atoms with Crippen LogP contribution in [0.4, 0.5) is 11.5 Å². The maximum atomic E-state index is 8.62. The molecule has 4 N–H and O–H groups in total. The minimum Gasteiger partial charge on any atom is -0.476 e. The van der Waals surface area contributed by atoms with E-state index in [4.69, 9.17) is 15.6 Å². The van der Waals surface area contributed by atoms with Crippen molar-refractivity contribution in [2.24, 2.45) is 0 Å². The zero-order valence-corrected chi connectivity index (χ0v) is 8.73. The van der Waals surface area contributed by atoms with Crippen molar-refractivity contribution in [2.75, 3.05) is 30.8 Å². The van der Waals surface area contributed by atoms with Crippen molar-refractivity contribution >= 4 is 11.5 Å². The van der Waals surface area contributed by atoms with Crippen LogP contribution in [0.2, 0.25) is 0 Å². The molecule has 0 radical (unpaired) electrons. The third-order valence-electron chi connectivity index (χ3n) is 1.76. The zero-order valence-electron chi connectivity index (χ0n) is 8.73. The molecule has 1 aromatic rings. The van der Waals surface area contributed by atoms with E-state index >= 15 is 0 Å². The van der Waals surface area contributed by atoms with Crippen LogP contribution >= 0.6 is 0 Å². The van der Waals surface area contributed by atoms with Gasteiger partial charge in [-0.05, 0) is 13.3 Å². The lowest BCUT2D eigenvalue weighted by atomic mass is 10.4. The van der Waals surface area contributed by atoms with Crippen LogP contribution in [-0.4, -0.2) is 34.8 Å². The van der Waals surface area contributed by atoms with Gasteiger partial charge >= 0.3 is 0 Å². The standard InChI is InChI=1S/C9H16N4O2/c1-2-15-9-7(10)8(12-6-13-9)11-4-3-5-14/h6,14H,2-5,10H2,1H3,(H,11,12,13). The summed E-state index contributed by atoms with van der Waals surface area (Å²) in [6.07, 6.45) is 2.04. The minimum atomic E-state index is 0.135. The van der Waals surface area contributed by atoms with E-state index < -0.39 is 0 Å². The summed E-state index contributed by atoms with van der Waals surface area (Å²) in [5.41, 5.74) is 6.18. The molecular weight excluding hydrogens is 196 g/mol. The van der Waals surface area contributed by atoms with Gasteiger partial charge in [-0.3, -0.25) is 0 Å². The number of nitrogens with zero attached hydrogens (tertiary/aromatic N) is 2. The Hall–Kier alpha value is -1.56. The lowest BCUT2D eigenvalue weighted by molar-refractivity contribution is 0.292. The molecule has 84 valence electrons. The summed E-state index contributed by atoms with van der Waals surface area (Å²) in [6.45, 7) is 3.12. The van der Waals surface area contributed by atoms with Gasteiger partial charge in [0.25, 0.3) is 0 Å². The highest BCUT2D eigenvalue weighted by Gasteiger charge is 2.07. The van der Waals surface area contributed by atoms with Gasteiger partial charge in [0.2, 0.25) is 5.88 Å². The largest absolute Gasteiger partial charge is 0.476 e. The lowest BCUT2D eigenvalue weighted by Crippen LogP contribution is -2.09. The number of nitrogens with two attached hydrogens (primary N) is 1. The second-order valence-electron chi connectivity index (χ2n) is 2.88. The number of rotatable bonds is 6. The number of hydrogen-bond acceptors (Lipinski definition) is 6. The molecule has 1 rings (SSSR count). The topological polar surface area (TPSA) is 93.3 Å². The van der Waals surface area contributed by atoms with Gasteiger partial charge in [-0.15, -0.1) is 0 Å². The Morgan fingerprint density at radius 2 is 2.33 bits per heavy atom. The molecular formula is C9H16N4O2. The summed E-state index contributed by atoms with van der Waals surface area (Å²) in [4.78, 5) is 7.89. The van der Waals surface area contributed by atoms with E-state index in [1.54, 1.807) is 0 Å². The van der Waals surface area contributed by atoms with Crippen molar-refractivity contribution in [2.45, 2.75) is 13.3 Å². The number of aliphatic hydroxyl groups excluding tert-OH is 1. The SMILES string of the molecule is CCOc1ncnc(NCCCO)c1N. The van der Waals surface area contributed by atoms with Gasteiger partial charge in [-0.25, -0.2) is 4.98 Å². The first kappa shape index (κ1) is 11.5. The van der Waals surface area contributed by atoms with Gasteiger partial charge in [-0.2, -0.15) is 4.98 Å². The molecule has 0 bridgehead atoms. The quantitative estimate of drug-likeness (QED) is 0.585. The monoisotopic (exact) mass is 212 g/mol. The van der Waals surface area contributed by atoms with Crippen molar-refractivity contribution in [3.63, 3.8) is 0 Å². The van der Waals surface area contributed by atoms with Gasteiger partial charge in [0.1, 0.15) is 12.0 Å². The summed E-state index contributed by atoms with van der Waals surface area (Å²) in [6, 6.07) is 0. The molecule has 0 aliphatic rings. The van der Waals surface area contributed by atoms with Crippen LogP contribution in [0, 0.1) is 0 Å². The molecule has 6 heteroatoms. The first-order chi connectivity index (χ1) is 7.29. The van der Waals surface area contributed by atoms with E-state index in [1.807, 2.05) is 6.92 Å². The van der Waals surface area contributed by atoms with Crippen LogP contribution in [0.25, 0.3) is 0 Å². The van der Waals surface area contributed by atoms with E-state index in [9.17, 15) is 0 Å². The van der Waals surface area contributed by atoms with Crippen molar-refractivity contribution < 1.29 is 9.84 Å². The Morgan fingerprint density at radius 3 is 3.00 bits per heavy atom. The Kier molecular flexibility index (Phi) is 4.62. The van der Waals surface area contributed by atoms with Crippen LogP contribution in [-0.2, 0) is 0 Å². The highest BCUT2D eigenvalue weighted by Crippen LogP contribution is 2.24. The molecule has 0 saturated heterocycles. The highest BCUT2D eigenvalue weighted by atomic mass is 16.5. The van der Waals surface area contributed by atoms with Crippen LogP contribution in [0.3, 0.4) is 0 Å². The number of nitrogen functional groups attached to an aromatic ring is 1. The predicted octanol–water partition coefficient (Wildman–Crippen LogP) is 0.252. The van der Waals surface area contributed by atoms with E-state index in [0.717, 1.165) is 0 Å². The summed E-state index contributed by atoms with van der Waals surface area (Å²) in [5, 5.41) is 11.6. The third kappa shape index (κ3) is 3.25.